The fraction of sp³-hybridized carbons (Fsp3) is 0.571. The molecule has 0 saturated carbocycles. The first-order chi connectivity index (χ1) is 14.2. The number of rotatable bonds is 5. The standard InChI is InChI=1S/C21H30ClN7/c22-17-7-9-18(10-8-17)27-13-15-28(16-14-27)21(23)24-11-4-6-20-26-25-19-5-2-1-3-12-29(19)20/h7-10H,1-6,11-16H2,(H2,23,24). The minimum atomic E-state index is 0.654. The van der Waals surface area contributed by atoms with Crippen LogP contribution in [0.4, 0.5) is 5.69 Å². The first-order valence-electron chi connectivity index (χ1n) is 10.7. The number of nitrogens with zero attached hydrogens (tertiary/aromatic N) is 6. The molecule has 0 spiro atoms. The number of fused-ring (bicyclic) bond motifs is 1. The quantitative estimate of drug-likeness (QED) is 0.461. The van der Waals surface area contributed by atoms with Gasteiger partial charge in [0.2, 0.25) is 0 Å². The molecule has 1 aromatic heterocycles. The maximum atomic E-state index is 6.25. The van der Waals surface area contributed by atoms with Gasteiger partial charge >= 0.3 is 0 Å². The third-order valence-electron chi connectivity index (χ3n) is 5.81. The average Bonchev–Trinajstić information content (AvgIpc) is 2.97. The van der Waals surface area contributed by atoms with Gasteiger partial charge in [-0.2, -0.15) is 0 Å². The van der Waals surface area contributed by atoms with E-state index in [-0.39, 0.29) is 0 Å². The number of piperazine rings is 1. The number of aromatic nitrogens is 3. The van der Waals surface area contributed by atoms with Crippen LogP contribution in [0, 0.1) is 0 Å². The molecule has 0 bridgehead atoms. The Morgan fingerprint density at radius 1 is 1.00 bits per heavy atom. The van der Waals surface area contributed by atoms with Crippen molar-refractivity contribution in [2.24, 2.45) is 10.7 Å². The molecule has 8 heteroatoms. The molecule has 2 aliphatic rings. The van der Waals surface area contributed by atoms with Crippen molar-refractivity contribution in [3.05, 3.63) is 40.9 Å². The Morgan fingerprint density at radius 3 is 2.59 bits per heavy atom. The van der Waals surface area contributed by atoms with Crippen molar-refractivity contribution in [1.29, 1.82) is 0 Å². The molecule has 7 nitrogen and oxygen atoms in total. The highest BCUT2D eigenvalue weighted by Gasteiger charge is 2.18. The van der Waals surface area contributed by atoms with E-state index < -0.39 is 0 Å². The minimum absolute atomic E-state index is 0.654. The summed E-state index contributed by atoms with van der Waals surface area (Å²) in [6.07, 6.45) is 6.65. The monoisotopic (exact) mass is 415 g/mol. The Morgan fingerprint density at radius 2 is 1.79 bits per heavy atom. The number of aliphatic imine (C=N–C) groups is 1. The molecule has 1 saturated heterocycles. The molecular weight excluding hydrogens is 386 g/mol. The molecule has 0 radical (unpaired) electrons. The minimum Gasteiger partial charge on any atom is -0.370 e. The maximum Gasteiger partial charge on any atom is 0.191 e. The average molecular weight is 416 g/mol. The maximum absolute atomic E-state index is 6.25. The molecule has 0 aliphatic carbocycles. The highest BCUT2D eigenvalue weighted by molar-refractivity contribution is 6.30. The summed E-state index contributed by atoms with van der Waals surface area (Å²) in [7, 11) is 0. The summed E-state index contributed by atoms with van der Waals surface area (Å²) in [5, 5.41) is 9.54. The van der Waals surface area contributed by atoms with Crippen LogP contribution < -0.4 is 10.6 Å². The van der Waals surface area contributed by atoms with E-state index in [1.807, 2.05) is 12.1 Å². The first kappa shape index (κ1) is 20.0. The van der Waals surface area contributed by atoms with Crippen molar-refractivity contribution in [2.45, 2.75) is 45.1 Å². The number of hydrogen-bond donors (Lipinski definition) is 1. The molecule has 2 aromatic rings. The van der Waals surface area contributed by atoms with Crippen LogP contribution in [0.3, 0.4) is 0 Å². The van der Waals surface area contributed by atoms with Gasteiger partial charge in [-0.05, 0) is 43.5 Å². The van der Waals surface area contributed by atoms with Crippen molar-refractivity contribution >= 4 is 23.2 Å². The SMILES string of the molecule is NC(=NCCCc1nnc2n1CCCCC2)N1CCN(c2ccc(Cl)cc2)CC1. The number of anilines is 1. The van der Waals surface area contributed by atoms with E-state index in [1.165, 1.54) is 24.9 Å². The van der Waals surface area contributed by atoms with Crippen LogP contribution in [0.1, 0.15) is 37.3 Å². The molecule has 4 rings (SSSR count). The number of nitrogens with two attached hydrogens (primary N) is 1. The lowest BCUT2D eigenvalue weighted by atomic mass is 10.2. The number of aryl methyl sites for hydroxylation is 2. The Bertz CT molecular complexity index is 822. The Balaban J connectivity index is 1.23. The molecule has 0 amide bonds. The van der Waals surface area contributed by atoms with Crippen LogP contribution in [0.5, 0.6) is 0 Å². The van der Waals surface area contributed by atoms with E-state index in [2.05, 4.69) is 41.7 Å². The lowest BCUT2D eigenvalue weighted by molar-refractivity contribution is 0.380. The number of halogens is 1. The van der Waals surface area contributed by atoms with Gasteiger partial charge in [0.15, 0.2) is 5.96 Å². The lowest BCUT2D eigenvalue weighted by Gasteiger charge is -2.36. The second kappa shape index (κ2) is 9.48. The van der Waals surface area contributed by atoms with Gasteiger partial charge in [-0.25, -0.2) is 0 Å². The van der Waals surface area contributed by atoms with Crippen molar-refractivity contribution < 1.29 is 0 Å². The third kappa shape index (κ3) is 5.01. The predicted molar refractivity (Wildman–Crippen MR) is 118 cm³/mol. The van der Waals surface area contributed by atoms with Crippen molar-refractivity contribution in [1.82, 2.24) is 19.7 Å². The van der Waals surface area contributed by atoms with E-state index in [1.54, 1.807) is 0 Å². The second-order valence-electron chi connectivity index (χ2n) is 7.79. The smallest absolute Gasteiger partial charge is 0.191 e. The summed E-state index contributed by atoms with van der Waals surface area (Å²) in [5.41, 5.74) is 7.46. The van der Waals surface area contributed by atoms with E-state index in [0.717, 1.165) is 75.2 Å². The summed E-state index contributed by atoms with van der Waals surface area (Å²) >= 11 is 5.98. The van der Waals surface area contributed by atoms with Crippen LogP contribution in [0.2, 0.25) is 5.02 Å². The highest BCUT2D eigenvalue weighted by Crippen LogP contribution is 2.19. The largest absolute Gasteiger partial charge is 0.370 e. The molecule has 0 unspecified atom stereocenters. The van der Waals surface area contributed by atoms with Gasteiger partial charge in [0.25, 0.3) is 0 Å². The van der Waals surface area contributed by atoms with E-state index >= 15 is 0 Å². The zero-order valence-corrected chi connectivity index (χ0v) is 17.7. The van der Waals surface area contributed by atoms with Crippen LogP contribution in [-0.4, -0.2) is 58.3 Å². The number of hydrogen-bond acceptors (Lipinski definition) is 4. The Kier molecular flexibility index (Phi) is 6.54. The first-order valence-corrected chi connectivity index (χ1v) is 11.0. The molecule has 0 atom stereocenters. The normalized spacial score (nSPS) is 17.9. The summed E-state index contributed by atoms with van der Waals surface area (Å²) in [6, 6.07) is 8.02. The van der Waals surface area contributed by atoms with Gasteiger partial charge in [-0.3, -0.25) is 4.99 Å². The van der Waals surface area contributed by atoms with Gasteiger partial charge in [0.05, 0.1) is 0 Å². The van der Waals surface area contributed by atoms with Gasteiger partial charge in [0, 0.05) is 62.8 Å². The molecule has 3 heterocycles. The number of benzene rings is 1. The number of guanidine groups is 1. The van der Waals surface area contributed by atoms with Crippen molar-refractivity contribution in [3.63, 3.8) is 0 Å². The topological polar surface area (TPSA) is 75.6 Å². The van der Waals surface area contributed by atoms with Crippen LogP contribution >= 0.6 is 11.6 Å². The van der Waals surface area contributed by atoms with Crippen LogP contribution in [-0.2, 0) is 19.4 Å². The van der Waals surface area contributed by atoms with Gasteiger partial charge < -0.3 is 20.1 Å². The predicted octanol–water partition coefficient (Wildman–Crippen LogP) is 2.73. The molecule has 156 valence electrons. The van der Waals surface area contributed by atoms with Crippen LogP contribution in [0.15, 0.2) is 29.3 Å². The Labute approximate surface area is 177 Å². The zero-order valence-electron chi connectivity index (χ0n) is 16.9. The van der Waals surface area contributed by atoms with E-state index in [9.17, 15) is 0 Å². The molecule has 2 N–H and O–H groups in total. The molecule has 2 aliphatic heterocycles. The van der Waals surface area contributed by atoms with E-state index in [4.69, 9.17) is 17.3 Å². The van der Waals surface area contributed by atoms with Crippen molar-refractivity contribution in [2.75, 3.05) is 37.6 Å². The van der Waals surface area contributed by atoms with E-state index in [0.29, 0.717) is 5.96 Å². The summed E-state index contributed by atoms with van der Waals surface area (Å²) in [5.74, 6) is 2.91. The second-order valence-corrected chi connectivity index (χ2v) is 8.23. The fourth-order valence-electron chi connectivity index (χ4n) is 4.11. The highest BCUT2D eigenvalue weighted by atomic mass is 35.5. The van der Waals surface area contributed by atoms with Gasteiger partial charge in [-0.1, -0.05) is 18.0 Å². The summed E-state index contributed by atoms with van der Waals surface area (Å²) < 4.78 is 2.32. The molecule has 1 aromatic carbocycles. The van der Waals surface area contributed by atoms with Crippen molar-refractivity contribution in [3.8, 4) is 0 Å². The van der Waals surface area contributed by atoms with Gasteiger partial charge in [-0.15, -0.1) is 10.2 Å². The van der Waals surface area contributed by atoms with Crippen LogP contribution in [0.25, 0.3) is 0 Å². The zero-order chi connectivity index (χ0) is 20.1. The fourth-order valence-corrected chi connectivity index (χ4v) is 4.23. The lowest BCUT2D eigenvalue weighted by Crippen LogP contribution is -2.51. The summed E-state index contributed by atoms with van der Waals surface area (Å²) in [4.78, 5) is 9.15. The van der Waals surface area contributed by atoms with Gasteiger partial charge in [0.1, 0.15) is 11.6 Å². The third-order valence-corrected chi connectivity index (χ3v) is 6.07. The molecule has 1 fully saturated rings. The Hall–Kier alpha value is -2.28. The molecular formula is C21H30ClN7. The summed E-state index contributed by atoms with van der Waals surface area (Å²) in [6.45, 7) is 5.42. The molecule has 29 heavy (non-hydrogen) atoms.